The Morgan fingerprint density at radius 1 is 1.38 bits per heavy atom. The van der Waals surface area contributed by atoms with Crippen LogP contribution in [0.3, 0.4) is 0 Å². The minimum absolute atomic E-state index is 0.305. The number of carbonyl (C=O) groups is 1. The molecule has 1 aliphatic carbocycles. The largest absolute Gasteiger partial charge is 0.493 e. The predicted octanol–water partition coefficient (Wildman–Crippen LogP) is 2.99. The third kappa shape index (κ3) is 1.73. The molecule has 16 heavy (non-hydrogen) atoms. The number of hydrogen-bond acceptors (Lipinski definition) is 2. The van der Waals surface area contributed by atoms with Crippen molar-refractivity contribution in [2.45, 2.75) is 32.1 Å². The fraction of sp³-hybridized carbons (Fsp3) is 0.500. The number of benzene rings is 1. The quantitative estimate of drug-likeness (QED) is 0.726. The van der Waals surface area contributed by atoms with Gasteiger partial charge in [-0.1, -0.05) is 19.3 Å². The smallest absolute Gasteiger partial charge is 0.163 e. The zero-order valence-electron chi connectivity index (χ0n) is 9.37. The number of ketones is 1. The van der Waals surface area contributed by atoms with Crippen LogP contribution in [0.2, 0.25) is 0 Å². The third-order valence-corrected chi connectivity index (χ3v) is 3.71. The fourth-order valence-corrected chi connectivity index (χ4v) is 2.44. The van der Waals surface area contributed by atoms with E-state index < -0.39 is 0 Å². The molecule has 0 radical (unpaired) electrons. The highest BCUT2D eigenvalue weighted by Crippen LogP contribution is 2.32. The molecular weight excluding hydrogens is 200 g/mol. The van der Waals surface area contributed by atoms with Crippen molar-refractivity contribution < 1.29 is 9.53 Å². The lowest BCUT2D eigenvalue weighted by Crippen LogP contribution is -2.15. The Labute approximate surface area is 95.6 Å². The second-order valence-corrected chi connectivity index (χ2v) is 4.85. The number of fused-ring (bicyclic) bond motifs is 1. The summed E-state index contributed by atoms with van der Waals surface area (Å²) in [7, 11) is 0. The summed E-state index contributed by atoms with van der Waals surface area (Å²) in [5.74, 6) is 1.91. The predicted molar refractivity (Wildman–Crippen MR) is 61.9 cm³/mol. The highest BCUT2D eigenvalue weighted by atomic mass is 16.5. The van der Waals surface area contributed by atoms with Gasteiger partial charge in [0.25, 0.3) is 0 Å². The molecule has 1 heterocycles. The molecule has 0 bridgehead atoms. The van der Waals surface area contributed by atoms with E-state index in [1.165, 1.54) is 24.8 Å². The molecule has 84 valence electrons. The first-order valence-corrected chi connectivity index (χ1v) is 6.12. The molecule has 1 aliphatic heterocycles. The molecule has 3 rings (SSSR count). The number of rotatable bonds is 3. The lowest BCUT2D eigenvalue weighted by atomic mass is 9.81. The van der Waals surface area contributed by atoms with Crippen molar-refractivity contribution in [2.75, 3.05) is 6.61 Å². The van der Waals surface area contributed by atoms with Crippen LogP contribution in [0.5, 0.6) is 5.75 Å². The van der Waals surface area contributed by atoms with Gasteiger partial charge in [-0.2, -0.15) is 0 Å². The summed E-state index contributed by atoms with van der Waals surface area (Å²) < 4.78 is 5.44. The minimum atomic E-state index is 0.305. The highest BCUT2D eigenvalue weighted by Gasteiger charge is 2.22. The molecule has 0 amide bonds. The van der Waals surface area contributed by atoms with Crippen molar-refractivity contribution in [3.63, 3.8) is 0 Å². The standard InChI is InChI=1S/C14H16O2/c15-13(8-10-2-1-3-10)11-4-5-14-12(9-11)6-7-16-14/h4-5,9-10H,1-3,6-8H2. The maximum Gasteiger partial charge on any atom is 0.163 e. The molecule has 1 aromatic carbocycles. The van der Waals surface area contributed by atoms with Crippen LogP contribution in [0.1, 0.15) is 41.6 Å². The summed E-state index contributed by atoms with van der Waals surface area (Å²) in [5, 5.41) is 0. The topological polar surface area (TPSA) is 26.3 Å². The first-order chi connectivity index (χ1) is 7.83. The van der Waals surface area contributed by atoms with Gasteiger partial charge in [-0.25, -0.2) is 0 Å². The van der Waals surface area contributed by atoms with Crippen LogP contribution in [0.15, 0.2) is 18.2 Å². The zero-order valence-corrected chi connectivity index (χ0v) is 9.37. The Bertz CT molecular complexity index is 419. The molecule has 2 heteroatoms. The lowest BCUT2D eigenvalue weighted by molar-refractivity contribution is 0.0936. The monoisotopic (exact) mass is 216 g/mol. The van der Waals surface area contributed by atoms with Gasteiger partial charge in [0.2, 0.25) is 0 Å². The van der Waals surface area contributed by atoms with Crippen LogP contribution >= 0.6 is 0 Å². The normalized spacial score (nSPS) is 18.8. The number of carbonyl (C=O) groups excluding carboxylic acids is 1. The summed E-state index contributed by atoms with van der Waals surface area (Å²) in [6.45, 7) is 0.760. The maximum absolute atomic E-state index is 12.0. The van der Waals surface area contributed by atoms with Crippen molar-refractivity contribution in [1.82, 2.24) is 0 Å². The van der Waals surface area contributed by atoms with Crippen molar-refractivity contribution >= 4 is 5.78 Å². The minimum Gasteiger partial charge on any atom is -0.493 e. The van der Waals surface area contributed by atoms with E-state index in [0.29, 0.717) is 11.7 Å². The Morgan fingerprint density at radius 3 is 3.00 bits per heavy atom. The van der Waals surface area contributed by atoms with Crippen molar-refractivity contribution in [1.29, 1.82) is 0 Å². The molecule has 0 N–H and O–H groups in total. The molecule has 0 unspecified atom stereocenters. The average Bonchev–Trinajstić information content (AvgIpc) is 2.69. The molecule has 0 aromatic heterocycles. The van der Waals surface area contributed by atoms with Gasteiger partial charge in [-0.15, -0.1) is 0 Å². The van der Waals surface area contributed by atoms with Crippen LogP contribution in [0, 0.1) is 5.92 Å². The van der Waals surface area contributed by atoms with Crippen molar-refractivity contribution in [2.24, 2.45) is 5.92 Å². The van der Waals surface area contributed by atoms with Gasteiger partial charge < -0.3 is 4.74 Å². The zero-order chi connectivity index (χ0) is 11.0. The molecule has 1 saturated carbocycles. The van der Waals surface area contributed by atoms with E-state index >= 15 is 0 Å². The van der Waals surface area contributed by atoms with Gasteiger partial charge in [0.1, 0.15) is 5.75 Å². The van der Waals surface area contributed by atoms with Crippen LogP contribution in [-0.2, 0) is 6.42 Å². The summed E-state index contributed by atoms with van der Waals surface area (Å²) in [5.41, 5.74) is 2.07. The molecule has 1 aromatic rings. The van der Waals surface area contributed by atoms with E-state index in [1.54, 1.807) is 0 Å². The SMILES string of the molecule is O=C(CC1CCC1)c1ccc2c(c1)CCO2. The lowest BCUT2D eigenvalue weighted by Gasteiger charge is -2.24. The first-order valence-electron chi connectivity index (χ1n) is 6.12. The molecule has 0 saturated heterocycles. The van der Waals surface area contributed by atoms with E-state index in [9.17, 15) is 4.79 Å². The van der Waals surface area contributed by atoms with E-state index in [2.05, 4.69) is 0 Å². The van der Waals surface area contributed by atoms with E-state index in [1.807, 2.05) is 18.2 Å². The highest BCUT2D eigenvalue weighted by molar-refractivity contribution is 5.96. The second kappa shape index (κ2) is 3.93. The summed E-state index contributed by atoms with van der Waals surface area (Å²) in [4.78, 5) is 12.0. The van der Waals surface area contributed by atoms with Gasteiger partial charge in [0.15, 0.2) is 5.78 Å². The molecule has 2 aliphatic rings. The number of ether oxygens (including phenoxy) is 1. The molecule has 0 spiro atoms. The maximum atomic E-state index is 12.0. The van der Waals surface area contributed by atoms with Gasteiger partial charge >= 0.3 is 0 Å². The van der Waals surface area contributed by atoms with E-state index in [0.717, 1.165) is 30.8 Å². The molecular formula is C14H16O2. The first kappa shape index (κ1) is 9.88. The molecule has 1 fully saturated rings. The van der Waals surface area contributed by atoms with Gasteiger partial charge in [0, 0.05) is 18.4 Å². The van der Waals surface area contributed by atoms with Gasteiger partial charge in [-0.3, -0.25) is 4.79 Å². The molecule has 0 atom stereocenters. The summed E-state index contributed by atoms with van der Waals surface area (Å²) >= 11 is 0. The fourth-order valence-electron chi connectivity index (χ4n) is 2.44. The van der Waals surface area contributed by atoms with Gasteiger partial charge in [-0.05, 0) is 29.7 Å². The Morgan fingerprint density at radius 2 is 2.25 bits per heavy atom. The van der Waals surface area contributed by atoms with E-state index in [-0.39, 0.29) is 0 Å². The number of hydrogen-bond donors (Lipinski definition) is 0. The average molecular weight is 216 g/mol. The van der Waals surface area contributed by atoms with Crippen LogP contribution in [0.4, 0.5) is 0 Å². The number of Topliss-reactive ketones (excluding diaryl/α,β-unsaturated/α-hetero) is 1. The van der Waals surface area contributed by atoms with Gasteiger partial charge in [0.05, 0.1) is 6.61 Å². The molecule has 2 nitrogen and oxygen atoms in total. The summed E-state index contributed by atoms with van der Waals surface area (Å²) in [6.07, 6.45) is 5.45. The van der Waals surface area contributed by atoms with E-state index in [4.69, 9.17) is 4.74 Å². The van der Waals surface area contributed by atoms with Crippen molar-refractivity contribution in [3.05, 3.63) is 29.3 Å². The summed E-state index contributed by atoms with van der Waals surface area (Å²) in [6, 6.07) is 5.87. The second-order valence-electron chi connectivity index (χ2n) is 4.85. The van der Waals surface area contributed by atoms with Crippen LogP contribution in [-0.4, -0.2) is 12.4 Å². The third-order valence-electron chi connectivity index (χ3n) is 3.71. The van der Waals surface area contributed by atoms with Crippen molar-refractivity contribution in [3.8, 4) is 5.75 Å². The van der Waals surface area contributed by atoms with Crippen LogP contribution < -0.4 is 4.74 Å². The Hall–Kier alpha value is -1.31. The van der Waals surface area contributed by atoms with Crippen LogP contribution in [0.25, 0.3) is 0 Å². The Balaban J connectivity index is 1.75. The Kier molecular flexibility index (Phi) is 2.43.